The molecule has 0 radical (unpaired) electrons. The minimum Gasteiger partial charge on any atom is -0.461 e. The van der Waals surface area contributed by atoms with Crippen molar-refractivity contribution in [2.24, 2.45) is 11.1 Å². The van der Waals surface area contributed by atoms with Crippen LogP contribution >= 0.6 is 0 Å². The van der Waals surface area contributed by atoms with E-state index in [-0.39, 0.29) is 12.1 Å². The first kappa shape index (κ1) is 14.5. The molecule has 0 spiro atoms. The van der Waals surface area contributed by atoms with Crippen molar-refractivity contribution in [3.05, 3.63) is 0 Å². The largest absolute Gasteiger partial charge is 0.461 e. The Kier molecular flexibility index (Phi) is 5.44. The fourth-order valence-corrected chi connectivity index (χ4v) is 2.28. The third-order valence-corrected chi connectivity index (χ3v) is 3.74. The lowest BCUT2D eigenvalue weighted by atomic mass is 9.76. The van der Waals surface area contributed by atoms with E-state index >= 15 is 0 Å². The first-order valence-corrected chi connectivity index (χ1v) is 6.90. The van der Waals surface area contributed by atoms with E-state index in [0.29, 0.717) is 5.41 Å². The van der Waals surface area contributed by atoms with Crippen LogP contribution in [0.3, 0.4) is 0 Å². The molecule has 1 atom stereocenters. The number of unbranched alkanes of at least 4 members (excludes halogenated alkanes) is 1. The van der Waals surface area contributed by atoms with Crippen molar-refractivity contribution in [1.82, 2.24) is 0 Å². The highest BCUT2D eigenvalue weighted by atomic mass is 16.5. The van der Waals surface area contributed by atoms with Gasteiger partial charge in [-0.2, -0.15) is 0 Å². The normalized spacial score (nSPS) is 22.1. The summed E-state index contributed by atoms with van der Waals surface area (Å²) in [6, 6.07) is -0.426. The summed E-state index contributed by atoms with van der Waals surface area (Å²) in [4.78, 5) is 11.7. The van der Waals surface area contributed by atoms with Crippen LogP contribution in [0.15, 0.2) is 0 Å². The molecular formula is C14H27NO2. The second-order valence-corrected chi connectivity index (χ2v) is 6.05. The third kappa shape index (κ3) is 5.07. The zero-order chi connectivity index (χ0) is 12.9. The Morgan fingerprint density at radius 1 is 1.41 bits per heavy atom. The van der Waals surface area contributed by atoms with Gasteiger partial charge in [0.2, 0.25) is 0 Å². The average Bonchev–Trinajstić information content (AvgIpc) is 2.28. The van der Waals surface area contributed by atoms with E-state index in [1.165, 1.54) is 0 Å². The quantitative estimate of drug-likeness (QED) is 0.753. The van der Waals surface area contributed by atoms with Gasteiger partial charge in [-0.1, -0.05) is 33.6 Å². The maximum Gasteiger partial charge on any atom is 0.323 e. The van der Waals surface area contributed by atoms with Crippen LogP contribution in [-0.2, 0) is 9.53 Å². The second-order valence-electron chi connectivity index (χ2n) is 6.05. The maximum absolute atomic E-state index is 11.7. The zero-order valence-electron chi connectivity index (χ0n) is 11.5. The minimum atomic E-state index is -0.426. The molecule has 3 nitrogen and oxygen atoms in total. The predicted molar refractivity (Wildman–Crippen MR) is 69.6 cm³/mol. The zero-order valence-corrected chi connectivity index (χ0v) is 11.5. The number of esters is 1. The molecule has 17 heavy (non-hydrogen) atoms. The van der Waals surface area contributed by atoms with Gasteiger partial charge in [0.1, 0.15) is 12.1 Å². The highest BCUT2D eigenvalue weighted by Gasteiger charge is 2.29. The lowest BCUT2D eigenvalue weighted by molar-refractivity contribution is -0.153. The van der Waals surface area contributed by atoms with E-state index in [1.54, 1.807) is 0 Å². The fourth-order valence-electron chi connectivity index (χ4n) is 2.28. The van der Waals surface area contributed by atoms with Gasteiger partial charge in [0.15, 0.2) is 0 Å². The van der Waals surface area contributed by atoms with E-state index in [4.69, 9.17) is 10.5 Å². The Balaban J connectivity index is 2.27. The number of rotatable bonds is 5. The summed E-state index contributed by atoms with van der Waals surface area (Å²) in [5, 5.41) is 0. The Morgan fingerprint density at radius 2 is 2.00 bits per heavy atom. The number of nitrogens with two attached hydrogens (primary N) is 1. The smallest absolute Gasteiger partial charge is 0.323 e. The van der Waals surface area contributed by atoms with Gasteiger partial charge in [-0.05, 0) is 37.5 Å². The molecule has 0 aromatic carbocycles. The van der Waals surface area contributed by atoms with Gasteiger partial charge in [-0.25, -0.2) is 0 Å². The topological polar surface area (TPSA) is 52.3 Å². The van der Waals surface area contributed by atoms with Crippen molar-refractivity contribution < 1.29 is 9.53 Å². The molecule has 0 amide bonds. The lowest BCUT2D eigenvalue weighted by Gasteiger charge is -2.34. The Labute approximate surface area is 105 Å². The third-order valence-electron chi connectivity index (χ3n) is 3.74. The molecule has 1 rings (SSSR count). The number of ether oxygens (including phenoxy) is 1. The van der Waals surface area contributed by atoms with Crippen molar-refractivity contribution in [2.75, 3.05) is 0 Å². The molecule has 0 bridgehead atoms. The molecule has 2 N–H and O–H groups in total. The maximum atomic E-state index is 11.7. The Bertz CT molecular complexity index is 241. The molecule has 1 aliphatic rings. The van der Waals surface area contributed by atoms with Gasteiger partial charge in [-0.15, -0.1) is 0 Å². The molecular weight excluding hydrogens is 214 g/mol. The first-order chi connectivity index (χ1) is 7.94. The van der Waals surface area contributed by atoms with E-state index in [0.717, 1.165) is 44.9 Å². The molecule has 0 aromatic rings. The summed E-state index contributed by atoms with van der Waals surface area (Å²) in [7, 11) is 0. The first-order valence-electron chi connectivity index (χ1n) is 6.90. The van der Waals surface area contributed by atoms with E-state index < -0.39 is 6.04 Å². The molecule has 0 aromatic heterocycles. The fraction of sp³-hybridized carbons (Fsp3) is 0.929. The number of hydrogen-bond donors (Lipinski definition) is 1. The summed E-state index contributed by atoms with van der Waals surface area (Å²) in [5.74, 6) is -0.205. The molecule has 3 heteroatoms. The van der Waals surface area contributed by atoms with Gasteiger partial charge in [-0.3, -0.25) is 4.79 Å². The molecule has 1 aliphatic carbocycles. The van der Waals surface area contributed by atoms with Gasteiger partial charge < -0.3 is 10.5 Å². The molecule has 100 valence electrons. The van der Waals surface area contributed by atoms with Gasteiger partial charge in [0, 0.05) is 0 Å². The van der Waals surface area contributed by atoms with Gasteiger partial charge >= 0.3 is 5.97 Å². The van der Waals surface area contributed by atoms with Crippen LogP contribution < -0.4 is 5.73 Å². The number of carbonyl (C=O) groups excluding carboxylic acids is 1. The minimum absolute atomic E-state index is 0.100. The van der Waals surface area contributed by atoms with Crippen molar-refractivity contribution >= 4 is 5.97 Å². The highest BCUT2D eigenvalue weighted by molar-refractivity contribution is 5.75. The van der Waals surface area contributed by atoms with Crippen LogP contribution in [0.4, 0.5) is 0 Å². The number of hydrogen-bond acceptors (Lipinski definition) is 3. The van der Waals surface area contributed by atoms with Crippen LogP contribution in [0, 0.1) is 5.41 Å². The SMILES string of the molecule is CCCC[C@H](N)C(=O)OC1CCC(C)(C)CC1. The summed E-state index contributed by atoms with van der Waals surface area (Å²) in [6.45, 7) is 6.65. The van der Waals surface area contributed by atoms with Crippen LogP contribution in [0.2, 0.25) is 0 Å². The van der Waals surface area contributed by atoms with Crippen molar-refractivity contribution in [1.29, 1.82) is 0 Å². The predicted octanol–water partition coefficient (Wildman–Crippen LogP) is 3.02. The Hall–Kier alpha value is -0.570. The van der Waals surface area contributed by atoms with Gasteiger partial charge in [0.05, 0.1) is 0 Å². The summed E-state index contributed by atoms with van der Waals surface area (Å²) in [5.41, 5.74) is 6.21. The van der Waals surface area contributed by atoms with Crippen molar-refractivity contribution in [3.8, 4) is 0 Å². The van der Waals surface area contributed by atoms with Crippen LogP contribution in [0.5, 0.6) is 0 Å². The molecule has 1 fully saturated rings. The standard InChI is InChI=1S/C14H27NO2/c1-4-5-6-12(15)13(16)17-11-7-9-14(2,3)10-8-11/h11-12H,4-10,15H2,1-3H3/t12-/m0/s1. The molecule has 0 heterocycles. The molecule has 0 unspecified atom stereocenters. The monoisotopic (exact) mass is 241 g/mol. The number of carbonyl (C=O) groups is 1. The van der Waals surface area contributed by atoms with Gasteiger partial charge in [0.25, 0.3) is 0 Å². The molecule has 0 aliphatic heterocycles. The van der Waals surface area contributed by atoms with Crippen LogP contribution in [0.1, 0.15) is 65.7 Å². The highest BCUT2D eigenvalue weighted by Crippen LogP contribution is 2.36. The Morgan fingerprint density at radius 3 is 2.53 bits per heavy atom. The summed E-state index contributed by atoms with van der Waals surface area (Å²) < 4.78 is 5.48. The average molecular weight is 241 g/mol. The van der Waals surface area contributed by atoms with E-state index in [1.807, 2.05) is 0 Å². The summed E-state index contributed by atoms with van der Waals surface area (Å²) in [6.07, 6.45) is 7.14. The van der Waals surface area contributed by atoms with Crippen LogP contribution in [0.25, 0.3) is 0 Å². The van der Waals surface area contributed by atoms with E-state index in [2.05, 4.69) is 20.8 Å². The van der Waals surface area contributed by atoms with Crippen molar-refractivity contribution in [3.63, 3.8) is 0 Å². The summed E-state index contributed by atoms with van der Waals surface area (Å²) >= 11 is 0. The van der Waals surface area contributed by atoms with Crippen LogP contribution in [-0.4, -0.2) is 18.1 Å². The van der Waals surface area contributed by atoms with E-state index in [9.17, 15) is 4.79 Å². The second kappa shape index (κ2) is 6.39. The molecule has 0 saturated heterocycles. The lowest BCUT2D eigenvalue weighted by Crippen LogP contribution is -2.36. The molecule has 1 saturated carbocycles. The van der Waals surface area contributed by atoms with Crippen molar-refractivity contribution in [2.45, 2.75) is 77.9 Å².